The molecular formula is C14H17N3O3S. The van der Waals surface area contributed by atoms with Crippen molar-refractivity contribution in [3.63, 3.8) is 0 Å². The smallest absolute Gasteiger partial charge is 0.350 e. The Bertz CT molecular complexity index is 688. The summed E-state index contributed by atoms with van der Waals surface area (Å²) in [5.74, 6) is -0.633. The lowest BCUT2D eigenvalue weighted by molar-refractivity contribution is -0.115. The van der Waals surface area contributed by atoms with Gasteiger partial charge in [0.25, 0.3) is 0 Å². The van der Waals surface area contributed by atoms with Crippen LogP contribution in [0.2, 0.25) is 0 Å². The molecule has 0 aliphatic rings. The molecule has 2 aromatic heterocycles. The standard InChI is InChI=1S/C14H17N3O3S/c1-8-10(9(2)17(3)16-8)7-12(18)15-11-5-6-21-13(11)14(19)20-4/h5-6H,7H2,1-4H3,(H,15,18). The van der Waals surface area contributed by atoms with Gasteiger partial charge in [-0.1, -0.05) is 0 Å². The molecule has 7 heteroatoms. The van der Waals surface area contributed by atoms with Crippen molar-refractivity contribution >= 4 is 28.9 Å². The lowest BCUT2D eigenvalue weighted by atomic mass is 10.1. The molecule has 0 saturated carbocycles. The molecule has 21 heavy (non-hydrogen) atoms. The third-order valence-electron chi connectivity index (χ3n) is 3.31. The van der Waals surface area contributed by atoms with Crippen molar-refractivity contribution in [2.45, 2.75) is 20.3 Å². The molecule has 0 aromatic carbocycles. The second-order valence-electron chi connectivity index (χ2n) is 4.65. The van der Waals surface area contributed by atoms with Crippen LogP contribution in [0.1, 0.15) is 26.6 Å². The van der Waals surface area contributed by atoms with Crippen LogP contribution in [0, 0.1) is 13.8 Å². The Morgan fingerprint density at radius 1 is 1.43 bits per heavy atom. The molecule has 0 aliphatic heterocycles. The van der Waals surface area contributed by atoms with Crippen LogP contribution in [0.15, 0.2) is 11.4 Å². The van der Waals surface area contributed by atoms with E-state index in [4.69, 9.17) is 0 Å². The van der Waals surface area contributed by atoms with Crippen molar-refractivity contribution < 1.29 is 14.3 Å². The first-order chi connectivity index (χ1) is 9.93. The highest BCUT2D eigenvalue weighted by atomic mass is 32.1. The normalized spacial score (nSPS) is 10.5. The van der Waals surface area contributed by atoms with E-state index in [0.29, 0.717) is 10.6 Å². The highest BCUT2D eigenvalue weighted by molar-refractivity contribution is 7.12. The number of rotatable bonds is 4. The molecule has 0 unspecified atom stereocenters. The van der Waals surface area contributed by atoms with E-state index in [9.17, 15) is 9.59 Å². The number of amides is 1. The SMILES string of the molecule is COC(=O)c1sccc1NC(=O)Cc1c(C)nn(C)c1C. The monoisotopic (exact) mass is 307 g/mol. The van der Waals surface area contributed by atoms with E-state index in [1.807, 2.05) is 20.9 Å². The largest absolute Gasteiger partial charge is 0.465 e. The second kappa shape index (κ2) is 6.09. The van der Waals surface area contributed by atoms with E-state index in [0.717, 1.165) is 17.0 Å². The number of anilines is 1. The van der Waals surface area contributed by atoms with Crippen LogP contribution in [-0.2, 0) is 23.0 Å². The Labute approximate surface area is 126 Å². The fourth-order valence-electron chi connectivity index (χ4n) is 2.09. The van der Waals surface area contributed by atoms with Gasteiger partial charge in [-0.3, -0.25) is 9.48 Å². The number of aromatic nitrogens is 2. The first kappa shape index (κ1) is 15.2. The van der Waals surface area contributed by atoms with E-state index in [-0.39, 0.29) is 12.3 Å². The zero-order valence-electron chi connectivity index (χ0n) is 12.4. The zero-order chi connectivity index (χ0) is 15.6. The second-order valence-corrected chi connectivity index (χ2v) is 5.57. The molecule has 0 fully saturated rings. The van der Waals surface area contributed by atoms with Crippen molar-refractivity contribution in [1.29, 1.82) is 0 Å². The number of methoxy groups -OCH3 is 1. The third-order valence-corrected chi connectivity index (χ3v) is 4.20. The van der Waals surface area contributed by atoms with Gasteiger partial charge in [0.15, 0.2) is 0 Å². The number of carbonyl (C=O) groups is 2. The molecular weight excluding hydrogens is 290 g/mol. The van der Waals surface area contributed by atoms with E-state index in [1.165, 1.54) is 18.4 Å². The Kier molecular flexibility index (Phi) is 4.42. The topological polar surface area (TPSA) is 73.2 Å². The number of ether oxygens (including phenoxy) is 1. The summed E-state index contributed by atoms with van der Waals surface area (Å²) in [6.07, 6.45) is 0.224. The van der Waals surface area contributed by atoms with Gasteiger partial charge in [0.05, 0.1) is 24.9 Å². The predicted molar refractivity (Wildman–Crippen MR) is 80.7 cm³/mol. The van der Waals surface area contributed by atoms with Crippen molar-refractivity contribution in [2.24, 2.45) is 7.05 Å². The number of carbonyl (C=O) groups excluding carboxylic acids is 2. The van der Waals surface area contributed by atoms with Crippen LogP contribution in [0.4, 0.5) is 5.69 Å². The van der Waals surface area contributed by atoms with E-state index in [1.54, 1.807) is 16.1 Å². The van der Waals surface area contributed by atoms with Gasteiger partial charge >= 0.3 is 5.97 Å². The Morgan fingerprint density at radius 3 is 2.71 bits per heavy atom. The predicted octanol–water partition coefficient (Wildman–Crippen LogP) is 2.07. The fraction of sp³-hybridized carbons (Fsp3) is 0.357. The summed E-state index contributed by atoms with van der Waals surface area (Å²) in [5.41, 5.74) is 3.19. The summed E-state index contributed by atoms with van der Waals surface area (Å²) in [6, 6.07) is 1.69. The number of nitrogens with one attached hydrogen (secondary N) is 1. The molecule has 112 valence electrons. The third kappa shape index (κ3) is 3.13. The lowest BCUT2D eigenvalue weighted by Gasteiger charge is -2.06. The maximum Gasteiger partial charge on any atom is 0.350 e. The first-order valence-electron chi connectivity index (χ1n) is 6.38. The van der Waals surface area contributed by atoms with Gasteiger partial charge in [-0.25, -0.2) is 4.79 Å². The lowest BCUT2D eigenvalue weighted by Crippen LogP contribution is -2.16. The number of esters is 1. The summed E-state index contributed by atoms with van der Waals surface area (Å²) < 4.78 is 6.44. The minimum Gasteiger partial charge on any atom is -0.465 e. The molecule has 0 spiro atoms. The Balaban J connectivity index is 2.12. The van der Waals surface area contributed by atoms with Crippen molar-refractivity contribution in [2.75, 3.05) is 12.4 Å². The maximum atomic E-state index is 12.2. The van der Waals surface area contributed by atoms with E-state index >= 15 is 0 Å². The van der Waals surface area contributed by atoms with Gasteiger partial charge in [-0.2, -0.15) is 5.10 Å². The summed E-state index contributed by atoms with van der Waals surface area (Å²) >= 11 is 1.24. The van der Waals surface area contributed by atoms with E-state index in [2.05, 4.69) is 15.2 Å². The molecule has 2 aromatic rings. The molecule has 0 atom stereocenters. The molecule has 0 bridgehead atoms. The molecule has 0 aliphatic carbocycles. The highest BCUT2D eigenvalue weighted by Crippen LogP contribution is 2.23. The van der Waals surface area contributed by atoms with Crippen LogP contribution in [0.3, 0.4) is 0 Å². The molecule has 6 nitrogen and oxygen atoms in total. The average Bonchev–Trinajstić information content (AvgIpc) is 2.98. The minimum atomic E-state index is -0.450. The van der Waals surface area contributed by atoms with Crippen LogP contribution in [0.25, 0.3) is 0 Å². The molecule has 1 N–H and O–H groups in total. The number of aryl methyl sites for hydroxylation is 2. The summed E-state index contributed by atoms with van der Waals surface area (Å²) in [7, 11) is 3.16. The summed E-state index contributed by atoms with van der Waals surface area (Å²) in [4.78, 5) is 24.1. The summed E-state index contributed by atoms with van der Waals surface area (Å²) in [5, 5.41) is 8.77. The van der Waals surface area contributed by atoms with Crippen molar-refractivity contribution in [3.05, 3.63) is 33.3 Å². The Morgan fingerprint density at radius 2 is 2.14 bits per heavy atom. The van der Waals surface area contributed by atoms with Crippen LogP contribution in [0.5, 0.6) is 0 Å². The van der Waals surface area contributed by atoms with E-state index < -0.39 is 5.97 Å². The number of hydrogen-bond donors (Lipinski definition) is 1. The number of thiophene rings is 1. The Hall–Kier alpha value is -2.15. The van der Waals surface area contributed by atoms with Crippen LogP contribution < -0.4 is 5.32 Å². The summed E-state index contributed by atoms with van der Waals surface area (Å²) in [6.45, 7) is 3.80. The quantitative estimate of drug-likeness (QED) is 0.878. The van der Waals surface area contributed by atoms with Crippen LogP contribution in [-0.4, -0.2) is 28.8 Å². The number of nitrogens with zero attached hydrogens (tertiary/aromatic N) is 2. The minimum absolute atomic E-state index is 0.183. The molecule has 2 rings (SSSR count). The number of hydrogen-bond acceptors (Lipinski definition) is 5. The molecule has 0 radical (unpaired) electrons. The highest BCUT2D eigenvalue weighted by Gasteiger charge is 2.18. The maximum absolute atomic E-state index is 12.2. The molecule has 1 amide bonds. The zero-order valence-corrected chi connectivity index (χ0v) is 13.2. The van der Waals surface area contributed by atoms with Crippen LogP contribution >= 0.6 is 11.3 Å². The molecule has 2 heterocycles. The fourth-order valence-corrected chi connectivity index (χ4v) is 2.85. The van der Waals surface area contributed by atoms with Gasteiger partial charge in [0.2, 0.25) is 5.91 Å². The molecule has 0 saturated heterocycles. The van der Waals surface area contributed by atoms with Gasteiger partial charge < -0.3 is 10.1 Å². The van der Waals surface area contributed by atoms with Crippen molar-refractivity contribution in [3.8, 4) is 0 Å². The first-order valence-corrected chi connectivity index (χ1v) is 7.26. The van der Waals surface area contributed by atoms with Crippen molar-refractivity contribution in [1.82, 2.24) is 9.78 Å². The van der Waals surface area contributed by atoms with Gasteiger partial charge in [0.1, 0.15) is 4.88 Å². The van der Waals surface area contributed by atoms with Gasteiger partial charge in [-0.15, -0.1) is 11.3 Å². The van der Waals surface area contributed by atoms with Gasteiger partial charge in [-0.05, 0) is 25.3 Å². The van der Waals surface area contributed by atoms with Gasteiger partial charge in [0, 0.05) is 18.3 Å². The average molecular weight is 307 g/mol.